The molecule has 0 unspecified atom stereocenters. The van der Waals surface area contributed by atoms with Crippen molar-refractivity contribution in [2.75, 3.05) is 40.4 Å². The molecule has 0 bridgehead atoms. The molecular weight excluding hydrogens is 408 g/mol. The fourth-order valence-corrected chi connectivity index (χ4v) is 3.92. The molecule has 0 aliphatic carbocycles. The monoisotopic (exact) mass is 442 g/mol. The maximum absolute atomic E-state index is 12.8. The van der Waals surface area contributed by atoms with Gasteiger partial charge in [-0.05, 0) is 24.3 Å². The molecule has 1 atom stereocenters. The average molecular weight is 443 g/mol. The minimum Gasteiger partial charge on any atom is -0.383 e. The van der Waals surface area contributed by atoms with Gasteiger partial charge in [0.1, 0.15) is 0 Å². The van der Waals surface area contributed by atoms with Crippen molar-refractivity contribution in [3.8, 4) is 11.4 Å². The van der Waals surface area contributed by atoms with Gasteiger partial charge in [-0.1, -0.05) is 43.3 Å². The molecule has 8 heteroatoms. The third-order valence-electron chi connectivity index (χ3n) is 5.99. The summed E-state index contributed by atoms with van der Waals surface area (Å²) in [6.45, 7) is 6.51. The maximum Gasteiger partial charge on any atom is 0.227 e. The van der Waals surface area contributed by atoms with Crippen molar-refractivity contribution in [2.24, 2.45) is 5.92 Å². The van der Waals surface area contributed by atoms with Crippen LogP contribution in [0.3, 0.4) is 0 Å². The molecular formula is C24H34N4O4. The van der Waals surface area contributed by atoms with E-state index in [2.05, 4.69) is 36.1 Å². The molecule has 1 aromatic carbocycles. The Balaban J connectivity index is 1.51. The van der Waals surface area contributed by atoms with Crippen molar-refractivity contribution in [3.63, 3.8) is 0 Å². The van der Waals surface area contributed by atoms with Crippen molar-refractivity contribution in [3.05, 3.63) is 35.7 Å². The van der Waals surface area contributed by atoms with E-state index in [1.165, 1.54) is 5.56 Å². The van der Waals surface area contributed by atoms with Crippen LogP contribution in [-0.2, 0) is 20.7 Å². The Kier molecular flexibility index (Phi) is 8.39. The summed E-state index contributed by atoms with van der Waals surface area (Å²) in [5, 5.41) is 4.06. The lowest BCUT2D eigenvalue weighted by molar-refractivity contribution is -0.140. The molecule has 2 heterocycles. The Morgan fingerprint density at radius 3 is 2.72 bits per heavy atom. The van der Waals surface area contributed by atoms with E-state index in [0.29, 0.717) is 50.3 Å². The van der Waals surface area contributed by atoms with Gasteiger partial charge in [0.2, 0.25) is 23.5 Å². The highest BCUT2D eigenvalue weighted by atomic mass is 16.5. The standard InChI is InChI=1S/C24H34N4O4/c1-17(2)18-7-9-19(10-8-18)23-25-21(32-26-23)11-12-22(29)28-13-5-6-20(16-28)24(30)27(3)14-15-31-4/h7-10,17,20H,5-6,11-16H2,1-4H3/t20-/m0/s1. The van der Waals surface area contributed by atoms with Crippen LogP contribution in [0.4, 0.5) is 0 Å². The number of amides is 2. The topological polar surface area (TPSA) is 88.8 Å². The fraction of sp³-hybridized carbons (Fsp3) is 0.583. The lowest BCUT2D eigenvalue weighted by Gasteiger charge is -2.34. The van der Waals surface area contributed by atoms with Crippen molar-refractivity contribution in [2.45, 2.75) is 45.4 Å². The first-order valence-electron chi connectivity index (χ1n) is 11.3. The van der Waals surface area contributed by atoms with Gasteiger partial charge in [0.15, 0.2) is 0 Å². The number of benzene rings is 1. The van der Waals surface area contributed by atoms with Gasteiger partial charge in [-0.2, -0.15) is 4.98 Å². The first kappa shape index (κ1) is 23.9. The summed E-state index contributed by atoms with van der Waals surface area (Å²) in [6, 6.07) is 8.12. The van der Waals surface area contributed by atoms with E-state index in [-0.39, 0.29) is 24.2 Å². The number of carbonyl (C=O) groups excluding carboxylic acids is 2. The van der Waals surface area contributed by atoms with E-state index in [4.69, 9.17) is 9.26 Å². The molecule has 8 nitrogen and oxygen atoms in total. The Morgan fingerprint density at radius 2 is 2.03 bits per heavy atom. The minimum absolute atomic E-state index is 0.0167. The SMILES string of the molecule is COCCN(C)C(=O)[C@H]1CCCN(C(=O)CCc2nc(-c3ccc(C(C)C)cc3)no2)C1. The number of rotatable bonds is 9. The van der Waals surface area contributed by atoms with Gasteiger partial charge in [-0.25, -0.2) is 0 Å². The quantitative estimate of drug-likeness (QED) is 0.593. The fourth-order valence-electron chi connectivity index (χ4n) is 3.92. The van der Waals surface area contributed by atoms with Crippen molar-refractivity contribution in [1.29, 1.82) is 0 Å². The smallest absolute Gasteiger partial charge is 0.227 e. The number of ether oxygens (including phenoxy) is 1. The molecule has 32 heavy (non-hydrogen) atoms. The summed E-state index contributed by atoms with van der Waals surface area (Å²) >= 11 is 0. The summed E-state index contributed by atoms with van der Waals surface area (Å²) in [4.78, 5) is 33.3. The largest absolute Gasteiger partial charge is 0.383 e. The molecule has 1 fully saturated rings. The minimum atomic E-state index is -0.154. The van der Waals surface area contributed by atoms with E-state index in [9.17, 15) is 9.59 Å². The zero-order chi connectivity index (χ0) is 23.1. The van der Waals surface area contributed by atoms with Crippen molar-refractivity contribution in [1.82, 2.24) is 19.9 Å². The van der Waals surface area contributed by atoms with Crippen LogP contribution in [0, 0.1) is 5.92 Å². The Morgan fingerprint density at radius 1 is 1.28 bits per heavy atom. The highest BCUT2D eigenvalue weighted by molar-refractivity contribution is 5.81. The lowest BCUT2D eigenvalue weighted by Crippen LogP contribution is -2.46. The number of methoxy groups -OCH3 is 1. The highest BCUT2D eigenvalue weighted by Crippen LogP contribution is 2.22. The van der Waals surface area contributed by atoms with E-state index >= 15 is 0 Å². The summed E-state index contributed by atoms with van der Waals surface area (Å²) < 4.78 is 10.4. The normalized spacial score (nSPS) is 16.4. The van der Waals surface area contributed by atoms with Gasteiger partial charge < -0.3 is 19.1 Å². The van der Waals surface area contributed by atoms with Crippen LogP contribution >= 0.6 is 0 Å². The van der Waals surface area contributed by atoms with Gasteiger partial charge in [0.05, 0.1) is 12.5 Å². The molecule has 1 aromatic heterocycles. The number of piperidine rings is 1. The van der Waals surface area contributed by atoms with Crippen LogP contribution in [0.1, 0.15) is 50.5 Å². The molecule has 0 N–H and O–H groups in total. The van der Waals surface area contributed by atoms with Gasteiger partial charge in [0.25, 0.3) is 0 Å². The number of likely N-dealkylation sites (tertiary alicyclic amines) is 1. The summed E-state index contributed by atoms with van der Waals surface area (Å²) in [7, 11) is 3.40. The number of likely N-dealkylation sites (N-methyl/N-ethyl adjacent to an activating group) is 1. The van der Waals surface area contributed by atoms with Crippen molar-refractivity contribution >= 4 is 11.8 Å². The molecule has 0 radical (unpaired) electrons. The highest BCUT2D eigenvalue weighted by Gasteiger charge is 2.30. The summed E-state index contributed by atoms with van der Waals surface area (Å²) in [6.07, 6.45) is 2.31. The second-order valence-electron chi connectivity index (χ2n) is 8.72. The zero-order valence-electron chi connectivity index (χ0n) is 19.5. The first-order valence-corrected chi connectivity index (χ1v) is 11.3. The molecule has 0 spiro atoms. The van der Waals surface area contributed by atoms with E-state index in [1.54, 1.807) is 24.0 Å². The predicted octanol–water partition coefficient (Wildman–Crippen LogP) is 3.14. The Bertz CT molecular complexity index is 894. The van der Waals surface area contributed by atoms with Crippen LogP contribution in [0.5, 0.6) is 0 Å². The molecule has 174 valence electrons. The summed E-state index contributed by atoms with van der Waals surface area (Å²) in [5.74, 6) is 1.38. The van der Waals surface area contributed by atoms with Gasteiger partial charge in [0, 0.05) is 52.2 Å². The molecule has 2 amide bonds. The van der Waals surface area contributed by atoms with Crippen LogP contribution in [-0.4, -0.2) is 72.2 Å². The lowest BCUT2D eigenvalue weighted by atomic mass is 9.96. The summed E-state index contributed by atoms with van der Waals surface area (Å²) in [5.41, 5.74) is 2.15. The van der Waals surface area contributed by atoms with Crippen LogP contribution < -0.4 is 0 Å². The van der Waals surface area contributed by atoms with Gasteiger partial charge >= 0.3 is 0 Å². The van der Waals surface area contributed by atoms with Crippen LogP contribution in [0.25, 0.3) is 11.4 Å². The maximum atomic E-state index is 12.8. The third kappa shape index (κ3) is 6.16. The average Bonchev–Trinajstić information content (AvgIpc) is 3.29. The molecule has 3 rings (SSSR count). The van der Waals surface area contributed by atoms with Crippen molar-refractivity contribution < 1.29 is 18.8 Å². The number of hydrogen-bond donors (Lipinski definition) is 0. The molecule has 1 aliphatic heterocycles. The molecule has 2 aromatic rings. The van der Waals surface area contributed by atoms with Crippen LogP contribution in [0.2, 0.25) is 0 Å². The number of carbonyl (C=O) groups is 2. The number of aromatic nitrogens is 2. The zero-order valence-corrected chi connectivity index (χ0v) is 19.5. The number of hydrogen-bond acceptors (Lipinski definition) is 6. The third-order valence-corrected chi connectivity index (χ3v) is 5.99. The van der Waals surface area contributed by atoms with E-state index in [0.717, 1.165) is 18.4 Å². The number of aryl methyl sites for hydroxylation is 1. The van der Waals surface area contributed by atoms with Gasteiger partial charge in [-0.15, -0.1) is 0 Å². The Hall–Kier alpha value is -2.74. The van der Waals surface area contributed by atoms with Crippen LogP contribution in [0.15, 0.2) is 28.8 Å². The molecule has 1 aliphatic rings. The molecule has 1 saturated heterocycles. The molecule has 0 saturated carbocycles. The van der Waals surface area contributed by atoms with E-state index < -0.39 is 0 Å². The number of nitrogens with zero attached hydrogens (tertiary/aromatic N) is 4. The second-order valence-corrected chi connectivity index (χ2v) is 8.72. The van der Waals surface area contributed by atoms with Gasteiger partial charge in [-0.3, -0.25) is 9.59 Å². The second kappa shape index (κ2) is 11.2. The first-order chi connectivity index (χ1) is 15.4. The van der Waals surface area contributed by atoms with E-state index in [1.807, 2.05) is 12.1 Å². The predicted molar refractivity (Wildman–Crippen MR) is 121 cm³/mol. The Labute approximate surface area is 189 Å².